The van der Waals surface area contributed by atoms with Crippen molar-refractivity contribution in [3.8, 4) is 11.5 Å². The molecular formula is C26H29N5O4. The minimum atomic E-state index is -0.683. The molecule has 0 aliphatic rings. The average molecular weight is 476 g/mol. The van der Waals surface area contributed by atoms with E-state index in [9.17, 15) is 9.59 Å². The minimum absolute atomic E-state index is 0.0760. The molecule has 182 valence electrons. The van der Waals surface area contributed by atoms with Crippen LogP contribution in [0.1, 0.15) is 43.6 Å². The number of rotatable bonds is 8. The van der Waals surface area contributed by atoms with Crippen LogP contribution in [0.5, 0.6) is 11.5 Å². The summed E-state index contributed by atoms with van der Waals surface area (Å²) >= 11 is 0. The Morgan fingerprint density at radius 2 is 1.89 bits per heavy atom. The summed E-state index contributed by atoms with van der Waals surface area (Å²) in [4.78, 5) is 33.9. The maximum atomic E-state index is 12.7. The van der Waals surface area contributed by atoms with Gasteiger partial charge in [0.05, 0.1) is 5.69 Å². The van der Waals surface area contributed by atoms with Gasteiger partial charge in [0.2, 0.25) is 0 Å². The molecule has 0 bridgehead atoms. The van der Waals surface area contributed by atoms with Gasteiger partial charge in [-0.1, -0.05) is 18.2 Å². The van der Waals surface area contributed by atoms with E-state index in [1.165, 1.54) is 10.6 Å². The number of aromatic nitrogens is 4. The average Bonchev–Trinajstić information content (AvgIpc) is 3.24. The normalized spacial score (nSPS) is 12.1. The van der Waals surface area contributed by atoms with Gasteiger partial charge in [0, 0.05) is 23.9 Å². The predicted octanol–water partition coefficient (Wildman–Crippen LogP) is 4.07. The van der Waals surface area contributed by atoms with Crippen LogP contribution in [-0.4, -0.2) is 31.2 Å². The van der Waals surface area contributed by atoms with Crippen molar-refractivity contribution >= 4 is 17.4 Å². The van der Waals surface area contributed by atoms with Gasteiger partial charge in [-0.2, -0.15) is 9.50 Å². The molecule has 0 saturated carbocycles. The van der Waals surface area contributed by atoms with Crippen LogP contribution in [0.25, 0.3) is 5.78 Å². The summed E-state index contributed by atoms with van der Waals surface area (Å²) < 4.78 is 14.9. The van der Waals surface area contributed by atoms with E-state index >= 15 is 0 Å². The highest BCUT2D eigenvalue weighted by Gasteiger charge is 2.16. The van der Waals surface area contributed by atoms with Crippen LogP contribution in [-0.2, 0) is 11.4 Å². The van der Waals surface area contributed by atoms with E-state index in [2.05, 4.69) is 15.3 Å². The highest BCUT2D eigenvalue weighted by Crippen LogP contribution is 2.24. The highest BCUT2D eigenvalue weighted by atomic mass is 16.5. The third-order valence-corrected chi connectivity index (χ3v) is 5.49. The lowest BCUT2D eigenvalue weighted by molar-refractivity contribution is -0.122. The van der Waals surface area contributed by atoms with Crippen LogP contribution in [0.4, 0.5) is 5.69 Å². The Morgan fingerprint density at radius 3 is 2.63 bits per heavy atom. The summed E-state index contributed by atoms with van der Waals surface area (Å²) in [6, 6.07) is 14.5. The van der Waals surface area contributed by atoms with Gasteiger partial charge < -0.3 is 14.8 Å². The summed E-state index contributed by atoms with van der Waals surface area (Å²) in [5, 5.41) is 2.86. The molecule has 0 unspecified atom stereocenters. The number of amides is 1. The molecule has 0 spiro atoms. The maximum absolute atomic E-state index is 12.7. The summed E-state index contributed by atoms with van der Waals surface area (Å²) in [6.07, 6.45) is 0.913. The van der Waals surface area contributed by atoms with Crippen LogP contribution < -0.4 is 20.3 Å². The number of hydrogen-bond acceptors (Lipinski definition) is 6. The molecule has 0 aliphatic heterocycles. The van der Waals surface area contributed by atoms with Crippen LogP contribution in [0.3, 0.4) is 0 Å². The largest absolute Gasteiger partial charge is 0.487 e. The van der Waals surface area contributed by atoms with Crippen molar-refractivity contribution < 1.29 is 14.3 Å². The van der Waals surface area contributed by atoms with Gasteiger partial charge in [0.15, 0.2) is 6.10 Å². The van der Waals surface area contributed by atoms with Crippen molar-refractivity contribution in [2.24, 2.45) is 0 Å². The topological polar surface area (TPSA) is 99.7 Å². The fraction of sp³-hybridized carbons (Fsp3) is 0.308. The first kappa shape index (κ1) is 24.0. The molecule has 35 heavy (non-hydrogen) atoms. The molecule has 4 aromatic rings. The molecule has 9 nitrogen and oxygen atoms in total. The van der Waals surface area contributed by atoms with Crippen molar-refractivity contribution in [3.05, 3.63) is 82.0 Å². The van der Waals surface area contributed by atoms with E-state index in [0.717, 1.165) is 11.1 Å². The third-order valence-electron chi connectivity index (χ3n) is 5.49. The van der Waals surface area contributed by atoms with Crippen LogP contribution in [0.15, 0.2) is 59.7 Å². The lowest BCUT2D eigenvalue weighted by Gasteiger charge is -2.16. The first-order valence-electron chi connectivity index (χ1n) is 11.4. The van der Waals surface area contributed by atoms with Gasteiger partial charge in [0.1, 0.15) is 24.4 Å². The summed E-state index contributed by atoms with van der Waals surface area (Å²) in [5.74, 6) is 1.26. The van der Waals surface area contributed by atoms with E-state index < -0.39 is 6.10 Å². The van der Waals surface area contributed by atoms with Crippen LogP contribution in [0.2, 0.25) is 0 Å². The molecule has 2 aromatic heterocycles. The Hall–Kier alpha value is -4.14. The van der Waals surface area contributed by atoms with Gasteiger partial charge in [-0.3, -0.25) is 14.3 Å². The number of fused-ring (bicyclic) bond motifs is 1. The van der Waals surface area contributed by atoms with Crippen LogP contribution >= 0.6 is 0 Å². The number of anilines is 1. The Morgan fingerprint density at radius 1 is 1.09 bits per heavy atom. The molecular weight excluding hydrogens is 446 g/mol. The molecule has 1 amide bonds. The van der Waals surface area contributed by atoms with Gasteiger partial charge in [-0.25, -0.2) is 4.98 Å². The van der Waals surface area contributed by atoms with Crippen molar-refractivity contribution in [3.63, 3.8) is 0 Å². The Balaban J connectivity index is 1.44. The highest BCUT2D eigenvalue weighted by molar-refractivity contribution is 5.94. The van der Waals surface area contributed by atoms with Gasteiger partial charge in [0.25, 0.3) is 17.2 Å². The van der Waals surface area contributed by atoms with E-state index in [1.54, 1.807) is 30.1 Å². The molecule has 1 atom stereocenters. The summed E-state index contributed by atoms with van der Waals surface area (Å²) in [7, 11) is 0. The first-order valence-corrected chi connectivity index (χ1v) is 11.4. The molecule has 1 N–H and O–H groups in total. The van der Waals surface area contributed by atoms with Crippen molar-refractivity contribution in [1.82, 2.24) is 19.2 Å². The second-order valence-corrected chi connectivity index (χ2v) is 8.75. The van der Waals surface area contributed by atoms with Crippen LogP contribution in [0, 0.1) is 13.8 Å². The number of nitrogens with one attached hydrogen (secondary N) is 1. The monoisotopic (exact) mass is 475 g/mol. The lowest BCUT2D eigenvalue weighted by Crippen LogP contribution is -2.30. The number of carbonyl (C=O) groups excluding carboxylic acids is 1. The van der Waals surface area contributed by atoms with E-state index in [4.69, 9.17) is 9.47 Å². The van der Waals surface area contributed by atoms with Crippen molar-refractivity contribution in [2.75, 3.05) is 5.32 Å². The predicted molar refractivity (Wildman–Crippen MR) is 133 cm³/mol. The molecule has 2 heterocycles. The SMILES string of the molecule is Cc1cccc(O[C@@H](C)C(=O)Nc2ccc(C)c(OCc3cc(=O)n4c(ncn4C(C)C)n3)c2)c1. The Bertz CT molecular complexity index is 1420. The molecule has 4 rings (SSSR count). The summed E-state index contributed by atoms with van der Waals surface area (Å²) in [6.45, 7) is 9.59. The van der Waals surface area contributed by atoms with E-state index in [1.807, 2.05) is 58.0 Å². The molecule has 0 radical (unpaired) electrons. The van der Waals surface area contributed by atoms with Gasteiger partial charge >= 0.3 is 0 Å². The number of aryl methyl sites for hydroxylation is 2. The number of carbonyl (C=O) groups is 1. The zero-order chi connectivity index (χ0) is 25.1. The molecule has 0 aliphatic carbocycles. The van der Waals surface area contributed by atoms with E-state index in [0.29, 0.717) is 28.7 Å². The fourth-order valence-electron chi connectivity index (χ4n) is 3.59. The summed E-state index contributed by atoms with van der Waals surface area (Å²) in [5.41, 5.74) is 2.77. The first-order chi connectivity index (χ1) is 16.7. The number of nitrogens with zero attached hydrogens (tertiary/aromatic N) is 4. The minimum Gasteiger partial charge on any atom is -0.487 e. The number of hydrogen-bond donors (Lipinski definition) is 1. The number of benzene rings is 2. The van der Waals surface area contributed by atoms with Gasteiger partial charge in [-0.15, -0.1) is 0 Å². The quantitative estimate of drug-likeness (QED) is 0.412. The number of ether oxygens (including phenoxy) is 2. The Labute approximate surface area is 203 Å². The standard InChI is InChI=1S/C26H29N5O4/c1-16(2)30-15-27-26-29-21(13-24(32)31(26)30)14-34-23-12-20(10-9-18(23)4)28-25(33)19(5)35-22-8-6-7-17(3)11-22/h6-13,15-16,19H,14H2,1-5H3,(H,28,33)/t19-/m0/s1. The second-order valence-electron chi connectivity index (χ2n) is 8.75. The molecule has 9 heteroatoms. The second kappa shape index (κ2) is 10.0. The molecule has 0 fully saturated rings. The van der Waals surface area contributed by atoms with Gasteiger partial charge in [-0.05, 0) is 63.9 Å². The molecule has 0 saturated heterocycles. The van der Waals surface area contributed by atoms with Crippen molar-refractivity contribution in [2.45, 2.75) is 53.4 Å². The molecule has 2 aromatic carbocycles. The third kappa shape index (κ3) is 5.51. The van der Waals surface area contributed by atoms with Crippen molar-refractivity contribution in [1.29, 1.82) is 0 Å². The zero-order valence-electron chi connectivity index (χ0n) is 20.5. The van der Waals surface area contributed by atoms with E-state index in [-0.39, 0.29) is 24.1 Å². The maximum Gasteiger partial charge on any atom is 0.274 e. The smallest absolute Gasteiger partial charge is 0.274 e. The fourth-order valence-corrected chi connectivity index (χ4v) is 3.59. The zero-order valence-corrected chi connectivity index (χ0v) is 20.5. The lowest BCUT2D eigenvalue weighted by atomic mass is 10.2. The Kier molecular flexibility index (Phi) is 6.86.